The molecule has 2 saturated heterocycles. The van der Waals surface area contributed by atoms with Gasteiger partial charge in [0.25, 0.3) is 0 Å². The largest absolute Gasteiger partial charge is 0.341 e. The highest BCUT2D eigenvalue weighted by Gasteiger charge is 2.58. The zero-order chi connectivity index (χ0) is 16.4. The fourth-order valence-electron chi connectivity index (χ4n) is 5.50. The third-order valence-corrected chi connectivity index (χ3v) is 7.23. The number of halogens is 2. The maximum absolute atomic E-state index is 13.0. The third-order valence-electron chi connectivity index (χ3n) is 7.23. The molecular weight excluding hydrogens is 369 g/mol. The summed E-state index contributed by atoms with van der Waals surface area (Å²) in [7, 11) is 0. The van der Waals surface area contributed by atoms with Crippen LogP contribution in [0.5, 0.6) is 0 Å². The lowest BCUT2D eigenvalue weighted by atomic mass is 9.89. The lowest BCUT2D eigenvalue weighted by Gasteiger charge is -2.29. The molecule has 6 heteroatoms. The van der Waals surface area contributed by atoms with E-state index >= 15 is 0 Å². The van der Waals surface area contributed by atoms with Gasteiger partial charge >= 0.3 is 0 Å². The van der Waals surface area contributed by atoms with E-state index in [1.165, 1.54) is 64.5 Å². The molecular formula is C20H37Cl2N3O. The molecule has 1 amide bonds. The van der Waals surface area contributed by atoms with E-state index in [2.05, 4.69) is 15.1 Å². The van der Waals surface area contributed by atoms with Gasteiger partial charge in [0.1, 0.15) is 0 Å². The fraction of sp³-hybridized carbons (Fsp3) is 0.950. The third kappa shape index (κ3) is 5.06. The quantitative estimate of drug-likeness (QED) is 0.781. The number of carbonyl (C=O) groups excluding carboxylic acids is 1. The molecule has 4 fully saturated rings. The van der Waals surface area contributed by atoms with Crippen LogP contribution in [0.15, 0.2) is 0 Å². The highest BCUT2D eigenvalue weighted by Crippen LogP contribution is 2.59. The molecule has 152 valence electrons. The van der Waals surface area contributed by atoms with E-state index in [1.54, 1.807) is 0 Å². The minimum absolute atomic E-state index is 0. The molecule has 0 radical (unpaired) electrons. The van der Waals surface area contributed by atoms with Gasteiger partial charge in [0, 0.05) is 32.1 Å². The standard InChI is InChI=1S/C20H35N3O.2ClH/c24-19(18-15-20(18)7-9-21-10-8-20)23-12-4-11-22(13-14-23)16-17-5-2-1-3-6-17;;/h17-18,21H,1-16H2;2*1H. The Morgan fingerprint density at radius 3 is 2.38 bits per heavy atom. The first kappa shape index (κ1) is 22.3. The summed E-state index contributed by atoms with van der Waals surface area (Å²) in [6.45, 7) is 7.75. The van der Waals surface area contributed by atoms with Gasteiger partial charge in [0.15, 0.2) is 0 Å². The first-order valence-electron chi connectivity index (χ1n) is 10.5. The van der Waals surface area contributed by atoms with Crippen molar-refractivity contribution in [1.29, 1.82) is 0 Å². The van der Waals surface area contributed by atoms with Gasteiger partial charge in [-0.25, -0.2) is 0 Å². The second-order valence-electron chi connectivity index (χ2n) is 8.85. The molecule has 1 N–H and O–H groups in total. The summed E-state index contributed by atoms with van der Waals surface area (Å²) in [6.07, 6.45) is 11.9. The van der Waals surface area contributed by atoms with Gasteiger partial charge < -0.3 is 15.1 Å². The molecule has 4 aliphatic rings. The summed E-state index contributed by atoms with van der Waals surface area (Å²) < 4.78 is 0. The number of piperidine rings is 1. The molecule has 1 unspecified atom stereocenters. The minimum Gasteiger partial charge on any atom is -0.341 e. The number of nitrogens with one attached hydrogen (secondary N) is 1. The monoisotopic (exact) mass is 405 g/mol. The molecule has 26 heavy (non-hydrogen) atoms. The van der Waals surface area contributed by atoms with E-state index in [-0.39, 0.29) is 24.8 Å². The van der Waals surface area contributed by atoms with Crippen LogP contribution in [0, 0.1) is 17.3 Å². The Hall–Kier alpha value is -0.0300. The topological polar surface area (TPSA) is 35.6 Å². The molecule has 2 aliphatic carbocycles. The molecule has 1 spiro atoms. The molecule has 0 aromatic rings. The predicted molar refractivity (Wildman–Crippen MR) is 111 cm³/mol. The van der Waals surface area contributed by atoms with Crippen LogP contribution >= 0.6 is 24.8 Å². The van der Waals surface area contributed by atoms with Crippen LogP contribution in [0.1, 0.15) is 57.8 Å². The second kappa shape index (κ2) is 9.95. The summed E-state index contributed by atoms with van der Waals surface area (Å²) in [5.74, 6) is 1.75. The van der Waals surface area contributed by atoms with Crippen molar-refractivity contribution in [3.05, 3.63) is 0 Å². The molecule has 2 heterocycles. The Morgan fingerprint density at radius 1 is 0.923 bits per heavy atom. The summed E-state index contributed by atoms with van der Waals surface area (Å²) >= 11 is 0. The van der Waals surface area contributed by atoms with E-state index in [0.717, 1.165) is 45.1 Å². The zero-order valence-corrected chi connectivity index (χ0v) is 17.7. The Kier molecular flexibility index (Phi) is 8.52. The van der Waals surface area contributed by atoms with Crippen LogP contribution in [0.4, 0.5) is 0 Å². The number of amides is 1. The van der Waals surface area contributed by atoms with Crippen LogP contribution in [0.2, 0.25) is 0 Å². The average molecular weight is 406 g/mol. The number of hydrogen-bond donors (Lipinski definition) is 1. The zero-order valence-electron chi connectivity index (χ0n) is 16.1. The first-order chi connectivity index (χ1) is 11.8. The molecule has 2 aliphatic heterocycles. The SMILES string of the molecule is Cl.Cl.O=C(C1CC12CCNCC2)N1CCCN(CC2CCCCC2)CC1. The minimum atomic E-state index is 0. The summed E-state index contributed by atoms with van der Waals surface area (Å²) in [5.41, 5.74) is 0.385. The van der Waals surface area contributed by atoms with Crippen LogP contribution in [0.25, 0.3) is 0 Å². The van der Waals surface area contributed by atoms with Gasteiger partial charge in [0.05, 0.1) is 0 Å². The van der Waals surface area contributed by atoms with E-state index in [1.807, 2.05) is 0 Å². The lowest BCUT2D eigenvalue weighted by molar-refractivity contribution is -0.133. The van der Waals surface area contributed by atoms with Gasteiger partial charge in [-0.2, -0.15) is 0 Å². The first-order valence-corrected chi connectivity index (χ1v) is 10.5. The molecule has 0 aromatic carbocycles. The van der Waals surface area contributed by atoms with Crippen molar-refractivity contribution in [3.8, 4) is 0 Å². The van der Waals surface area contributed by atoms with Crippen molar-refractivity contribution in [2.45, 2.75) is 57.8 Å². The van der Waals surface area contributed by atoms with E-state index in [9.17, 15) is 4.79 Å². The van der Waals surface area contributed by atoms with Crippen LogP contribution in [-0.4, -0.2) is 61.5 Å². The molecule has 1 atom stereocenters. The summed E-state index contributed by atoms with van der Waals surface area (Å²) in [6, 6.07) is 0. The number of hydrogen-bond acceptors (Lipinski definition) is 3. The molecule has 4 rings (SSSR count). The smallest absolute Gasteiger partial charge is 0.226 e. The highest BCUT2D eigenvalue weighted by atomic mass is 35.5. The Balaban J connectivity index is 0.00000121. The van der Waals surface area contributed by atoms with Gasteiger partial charge in [-0.05, 0) is 69.5 Å². The van der Waals surface area contributed by atoms with Crippen LogP contribution in [0.3, 0.4) is 0 Å². The van der Waals surface area contributed by atoms with E-state index < -0.39 is 0 Å². The fourth-order valence-corrected chi connectivity index (χ4v) is 5.50. The van der Waals surface area contributed by atoms with Crippen molar-refractivity contribution in [2.75, 3.05) is 45.8 Å². The molecule has 2 saturated carbocycles. The highest BCUT2D eigenvalue weighted by molar-refractivity contribution is 5.85. The molecule has 0 bridgehead atoms. The Labute approximate surface area is 171 Å². The number of carbonyl (C=O) groups is 1. The average Bonchev–Trinajstić information content (AvgIpc) is 3.35. The summed E-state index contributed by atoms with van der Waals surface area (Å²) in [4.78, 5) is 17.8. The van der Waals surface area contributed by atoms with Gasteiger partial charge in [-0.15, -0.1) is 24.8 Å². The van der Waals surface area contributed by atoms with E-state index in [0.29, 0.717) is 17.2 Å². The van der Waals surface area contributed by atoms with Gasteiger partial charge in [-0.1, -0.05) is 19.3 Å². The maximum atomic E-state index is 13.0. The predicted octanol–water partition coefficient (Wildman–Crippen LogP) is 3.33. The Bertz CT molecular complexity index is 450. The van der Waals surface area contributed by atoms with Gasteiger partial charge in [-0.3, -0.25) is 4.79 Å². The van der Waals surface area contributed by atoms with Crippen molar-refractivity contribution < 1.29 is 4.79 Å². The molecule has 4 nitrogen and oxygen atoms in total. The number of nitrogens with zero attached hydrogens (tertiary/aromatic N) is 2. The second-order valence-corrected chi connectivity index (χ2v) is 8.85. The Morgan fingerprint density at radius 2 is 1.65 bits per heavy atom. The summed E-state index contributed by atoms with van der Waals surface area (Å²) in [5, 5.41) is 3.44. The van der Waals surface area contributed by atoms with Gasteiger partial charge in [0.2, 0.25) is 5.91 Å². The lowest BCUT2D eigenvalue weighted by Crippen LogP contribution is -2.39. The van der Waals surface area contributed by atoms with Crippen LogP contribution in [-0.2, 0) is 4.79 Å². The number of rotatable bonds is 3. The van der Waals surface area contributed by atoms with Crippen molar-refractivity contribution in [3.63, 3.8) is 0 Å². The molecule has 0 aromatic heterocycles. The van der Waals surface area contributed by atoms with Crippen LogP contribution < -0.4 is 5.32 Å². The maximum Gasteiger partial charge on any atom is 0.226 e. The van der Waals surface area contributed by atoms with Crippen molar-refractivity contribution in [1.82, 2.24) is 15.1 Å². The van der Waals surface area contributed by atoms with Crippen molar-refractivity contribution >= 4 is 30.7 Å². The normalized spacial score (nSPS) is 29.4. The van der Waals surface area contributed by atoms with E-state index in [4.69, 9.17) is 0 Å². The van der Waals surface area contributed by atoms with Crippen molar-refractivity contribution in [2.24, 2.45) is 17.3 Å².